The van der Waals surface area contributed by atoms with Gasteiger partial charge >= 0.3 is 11.9 Å². The van der Waals surface area contributed by atoms with Crippen LogP contribution in [0.15, 0.2) is 23.3 Å². The van der Waals surface area contributed by atoms with E-state index in [-0.39, 0.29) is 52.4 Å². The van der Waals surface area contributed by atoms with E-state index in [0.717, 1.165) is 44.9 Å². The Balaban J connectivity index is 1.67. The molecule has 0 amide bonds. The van der Waals surface area contributed by atoms with Crippen molar-refractivity contribution in [3.63, 3.8) is 0 Å². The van der Waals surface area contributed by atoms with Gasteiger partial charge in [-0.2, -0.15) is 0 Å². The number of carboxylic acid groups (broad SMARTS) is 1. The van der Waals surface area contributed by atoms with Crippen LogP contribution in [0.1, 0.15) is 106 Å². The maximum Gasteiger partial charge on any atom is 0.306 e. The summed E-state index contributed by atoms with van der Waals surface area (Å²) in [5.41, 5.74) is 2.03. The molecule has 0 aromatic heterocycles. The minimum absolute atomic E-state index is 0.0213. The molecule has 206 valence electrons. The van der Waals surface area contributed by atoms with Crippen molar-refractivity contribution in [3.8, 4) is 0 Å². The van der Waals surface area contributed by atoms with Crippen molar-refractivity contribution < 1.29 is 24.2 Å². The summed E-state index contributed by atoms with van der Waals surface area (Å²) in [6.07, 6.45) is 12.4. The van der Waals surface area contributed by atoms with Crippen LogP contribution in [0.4, 0.5) is 0 Å². The van der Waals surface area contributed by atoms with E-state index < -0.39 is 11.4 Å². The fourth-order valence-corrected chi connectivity index (χ4v) is 9.51. The van der Waals surface area contributed by atoms with Crippen LogP contribution in [0.3, 0.4) is 0 Å². The van der Waals surface area contributed by atoms with Crippen LogP contribution in [-0.2, 0) is 19.1 Å². The Morgan fingerprint density at radius 2 is 1.81 bits per heavy atom. The van der Waals surface area contributed by atoms with Crippen molar-refractivity contribution in [2.45, 2.75) is 106 Å². The molecule has 3 saturated carbocycles. The Hall–Kier alpha value is -1.91. The third kappa shape index (κ3) is 4.33. The summed E-state index contributed by atoms with van der Waals surface area (Å²) in [5.74, 6) is -0.347. The largest absolute Gasteiger partial charge is 0.481 e. The summed E-state index contributed by atoms with van der Waals surface area (Å²) in [7, 11) is 0. The monoisotopic (exact) mass is 512 g/mol. The maximum absolute atomic E-state index is 13.2. The highest BCUT2D eigenvalue weighted by molar-refractivity contribution is 5.86. The number of allylic oxidation sites excluding steroid dienone is 4. The molecule has 4 aliphatic carbocycles. The highest BCUT2D eigenvalue weighted by Gasteiger charge is 2.66. The second kappa shape index (κ2) is 9.68. The number of carboxylic acids is 1. The molecule has 3 fully saturated rings. The second-order valence-corrected chi connectivity index (χ2v) is 13.9. The minimum Gasteiger partial charge on any atom is -0.481 e. The molecule has 4 aliphatic rings. The van der Waals surface area contributed by atoms with Crippen LogP contribution in [0.25, 0.3) is 0 Å². The number of rotatable bonds is 7. The molecule has 0 bridgehead atoms. The highest BCUT2D eigenvalue weighted by atomic mass is 16.5. The van der Waals surface area contributed by atoms with Crippen molar-refractivity contribution in [1.29, 1.82) is 0 Å². The van der Waals surface area contributed by atoms with E-state index in [4.69, 9.17) is 4.74 Å². The first kappa shape index (κ1) is 28.1. The van der Waals surface area contributed by atoms with Gasteiger partial charge in [-0.15, -0.1) is 0 Å². The first-order chi connectivity index (χ1) is 17.2. The van der Waals surface area contributed by atoms with Crippen molar-refractivity contribution in [3.05, 3.63) is 23.3 Å². The number of ether oxygens (including phenoxy) is 1. The molecule has 5 heteroatoms. The van der Waals surface area contributed by atoms with Crippen LogP contribution in [0, 0.1) is 45.3 Å². The van der Waals surface area contributed by atoms with Gasteiger partial charge in [-0.1, -0.05) is 44.1 Å². The summed E-state index contributed by atoms with van der Waals surface area (Å²) < 4.78 is 5.46. The molecule has 0 heterocycles. The Morgan fingerprint density at radius 3 is 2.43 bits per heavy atom. The van der Waals surface area contributed by atoms with Gasteiger partial charge in [0.25, 0.3) is 0 Å². The number of aliphatic carboxylic acids is 1. The van der Waals surface area contributed by atoms with Gasteiger partial charge in [-0.05, 0) is 106 Å². The molecular formula is C32H48O5. The summed E-state index contributed by atoms with van der Waals surface area (Å²) >= 11 is 0. The first-order valence-electron chi connectivity index (χ1n) is 14.4. The molecule has 0 aromatic rings. The zero-order valence-electron chi connectivity index (χ0n) is 24.1. The number of carbonyl (C=O) groups is 3. The lowest BCUT2D eigenvalue weighted by molar-refractivity contribution is -0.163. The van der Waals surface area contributed by atoms with Gasteiger partial charge in [0.05, 0.1) is 11.3 Å². The zero-order chi connectivity index (χ0) is 27.4. The molecule has 0 aliphatic heterocycles. The van der Waals surface area contributed by atoms with Crippen molar-refractivity contribution in [2.75, 3.05) is 6.61 Å². The summed E-state index contributed by atoms with van der Waals surface area (Å²) in [5, 5.41) is 10.3. The normalized spacial score (nSPS) is 41.5. The zero-order valence-corrected chi connectivity index (χ0v) is 24.1. The molecule has 0 radical (unpaired) electrons. The SMILES string of the molecule is CC(=O)OC[C@@]1(C)C(=O)CC[C@@]2(C)[C@H]1CC=C1[C@@H]2CC[C@@]2(C)[C@H]([C@@H](CCC=C(C)C)C(=O)O)CC[C@]12C. The predicted molar refractivity (Wildman–Crippen MR) is 145 cm³/mol. The number of ketones is 1. The number of esters is 1. The average Bonchev–Trinajstić information content (AvgIpc) is 3.09. The third-order valence-corrected chi connectivity index (χ3v) is 11.9. The average molecular weight is 513 g/mol. The first-order valence-corrected chi connectivity index (χ1v) is 14.4. The highest BCUT2D eigenvalue weighted by Crippen LogP contribution is 2.73. The van der Waals surface area contributed by atoms with Crippen molar-refractivity contribution in [1.82, 2.24) is 0 Å². The van der Waals surface area contributed by atoms with Crippen molar-refractivity contribution >= 4 is 17.7 Å². The Morgan fingerprint density at radius 1 is 1.11 bits per heavy atom. The molecule has 0 aromatic carbocycles. The number of fused-ring (bicyclic) bond motifs is 5. The van der Waals surface area contributed by atoms with E-state index in [1.807, 2.05) is 6.92 Å². The molecule has 5 nitrogen and oxygen atoms in total. The van der Waals surface area contributed by atoms with Crippen LogP contribution < -0.4 is 0 Å². The number of hydrogen-bond donors (Lipinski definition) is 1. The summed E-state index contributed by atoms with van der Waals surface area (Å²) in [6, 6.07) is 0. The molecule has 0 unspecified atom stereocenters. The molecule has 0 saturated heterocycles. The van der Waals surface area contributed by atoms with Crippen LogP contribution >= 0.6 is 0 Å². The van der Waals surface area contributed by atoms with Crippen LogP contribution in [-0.4, -0.2) is 29.4 Å². The van der Waals surface area contributed by atoms with E-state index in [0.29, 0.717) is 18.8 Å². The quantitative estimate of drug-likeness (QED) is 0.289. The fourth-order valence-electron chi connectivity index (χ4n) is 9.51. The molecule has 37 heavy (non-hydrogen) atoms. The summed E-state index contributed by atoms with van der Waals surface area (Å²) in [4.78, 5) is 37.4. The molecule has 1 N–H and O–H groups in total. The predicted octanol–water partition coefficient (Wildman–Crippen LogP) is 7.15. The van der Waals surface area contributed by atoms with Crippen LogP contribution in [0.2, 0.25) is 0 Å². The number of hydrogen-bond acceptors (Lipinski definition) is 4. The van der Waals surface area contributed by atoms with Gasteiger partial charge in [0.2, 0.25) is 0 Å². The van der Waals surface area contributed by atoms with E-state index in [2.05, 4.69) is 46.8 Å². The smallest absolute Gasteiger partial charge is 0.306 e. The van der Waals surface area contributed by atoms with E-state index in [9.17, 15) is 19.5 Å². The van der Waals surface area contributed by atoms with Gasteiger partial charge in [0.15, 0.2) is 0 Å². The van der Waals surface area contributed by atoms with E-state index >= 15 is 0 Å². The Kier molecular flexibility index (Phi) is 7.36. The van der Waals surface area contributed by atoms with Gasteiger partial charge in [0.1, 0.15) is 12.4 Å². The topological polar surface area (TPSA) is 80.7 Å². The lowest BCUT2D eigenvalue weighted by Crippen LogP contribution is -2.59. The lowest BCUT2D eigenvalue weighted by Gasteiger charge is -2.63. The van der Waals surface area contributed by atoms with Crippen molar-refractivity contribution in [2.24, 2.45) is 45.3 Å². The maximum atomic E-state index is 13.2. The Bertz CT molecular complexity index is 1020. The summed E-state index contributed by atoms with van der Waals surface area (Å²) in [6.45, 7) is 14.9. The van der Waals surface area contributed by atoms with Gasteiger partial charge in [-0.25, -0.2) is 0 Å². The molecule has 8 atom stereocenters. The van der Waals surface area contributed by atoms with Crippen LogP contribution in [0.5, 0.6) is 0 Å². The molecule has 4 rings (SSSR count). The molecular weight excluding hydrogens is 464 g/mol. The minimum atomic E-state index is -0.653. The fraction of sp³-hybridized carbons (Fsp3) is 0.781. The number of Topliss-reactive ketones (excluding diaryl/α,β-unsaturated/α-hetero) is 1. The molecule has 0 spiro atoms. The van der Waals surface area contributed by atoms with Gasteiger partial charge < -0.3 is 9.84 Å². The standard InChI is InChI=1S/C32H48O5/c1-20(2)9-8-10-22(28(35)36)23-13-17-32(7)25-11-12-26-29(4,24(25)14-18-31(23,32)6)16-15-27(34)30(26,5)19-37-21(3)33/h9,11,22-24,26H,8,10,12-19H2,1-7H3,(H,35,36)/t22-,23+,24+,26-,29-,30-,31+,32-/m1/s1. The lowest BCUT2D eigenvalue weighted by atomic mass is 9.41. The number of carbonyl (C=O) groups excluding carboxylic acids is 2. The van der Waals surface area contributed by atoms with Gasteiger partial charge in [0, 0.05) is 13.3 Å². The van der Waals surface area contributed by atoms with E-state index in [1.165, 1.54) is 18.1 Å². The van der Waals surface area contributed by atoms with Gasteiger partial charge in [-0.3, -0.25) is 14.4 Å². The van der Waals surface area contributed by atoms with E-state index in [1.54, 1.807) is 0 Å². The second-order valence-electron chi connectivity index (χ2n) is 13.9. The Labute approximate surface area is 223 Å². The third-order valence-electron chi connectivity index (χ3n) is 11.9.